The van der Waals surface area contributed by atoms with Gasteiger partial charge in [0, 0.05) is 12.6 Å². The lowest BCUT2D eigenvalue weighted by atomic mass is 10.0. The van der Waals surface area contributed by atoms with Gasteiger partial charge in [-0.3, -0.25) is 4.90 Å². The zero-order valence-corrected chi connectivity index (χ0v) is 13.2. The van der Waals surface area contributed by atoms with E-state index >= 15 is 0 Å². The average Bonchev–Trinajstić information content (AvgIpc) is 2.37. The van der Waals surface area contributed by atoms with E-state index in [1.54, 1.807) is 0 Å². The van der Waals surface area contributed by atoms with E-state index in [0.717, 1.165) is 19.5 Å². The monoisotopic (exact) mass is 268 g/mol. The number of hydrogen-bond acceptors (Lipinski definition) is 3. The molecule has 1 atom stereocenters. The van der Waals surface area contributed by atoms with Gasteiger partial charge in [-0.1, -0.05) is 25.5 Å². The highest BCUT2D eigenvalue weighted by Gasteiger charge is 2.18. The molecule has 0 aromatic heterocycles. The number of hydrogen-bond donors (Lipinski definition) is 2. The molecule has 3 nitrogen and oxygen atoms in total. The Morgan fingerprint density at radius 2 is 1.95 bits per heavy atom. The van der Waals surface area contributed by atoms with Crippen molar-refractivity contribution in [2.24, 2.45) is 5.92 Å². The van der Waals surface area contributed by atoms with E-state index in [9.17, 15) is 5.11 Å². The van der Waals surface area contributed by atoms with Gasteiger partial charge in [0.25, 0.3) is 0 Å². The number of rotatable bonds is 7. The van der Waals surface area contributed by atoms with Gasteiger partial charge in [-0.2, -0.15) is 0 Å². The maximum absolute atomic E-state index is 9.77. The van der Waals surface area contributed by atoms with Crippen LogP contribution < -0.4 is 5.32 Å². The molecule has 0 aromatic rings. The first-order valence-corrected chi connectivity index (χ1v) is 7.76. The molecule has 0 radical (unpaired) electrons. The van der Waals surface area contributed by atoms with Crippen molar-refractivity contribution in [1.29, 1.82) is 0 Å². The van der Waals surface area contributed by atoms with Gasteiger partial charge < -0.3 is 10.4 Å². The van der Waals surface area contributed by atoms with E-state index in [1.165, 1.54) is 31.5 Å². The Bertz CT molecular complexity index is 264. The fraction of sp³-hybridized carbons (Fsp3) is 0.875. The van der Waals surface area contributed by atoms with Crippen molar-refractivity contribution in [1.82, 2.24) is 10.2 Å². The summed E-state index contributed by atoms with van der Waals surface area (Å²) < 4.78 is 0. The maximum atomic E-state index is 9.77. The van der Waals surface area contributed by atoms with Crippen LogP contribution in [0.2, 0.25) is 0 Å². The summed E-state index contributed by atoms with van der Waals surface area (Å²) in [7, 11) is 0. The molecule has 2 N–H and O–H groups in total. The molecule has 0 aromatic carbocycles. The van der Waals surface area contributed by atoms with Crippen LogP contribution in [0.5, 0.6) is 0 Å². The SMILES string of the molecule is CC(C)=CCN1CCC(NCCC(O)C(C)C)CC1. The highest BCUT2D eigenvalue weighted by Crippen LogP contribution is 2.11. The number of likely N-dealkylation sites (tertiary alicyclic amines) is 1. The van der Waals surface area contributed by atoms with Crippen molar-refractivity contribution < 1.29 is 5.11 Å². The van der Waals surface area contributed by atoms with Crippen LogP contribution in [0.25, 0.3) is 0 Å². The van der Waals surface area contributed by atoms with Gasteiger partial charge >= 0.3 is 0 Å². The molecular formula is C16H32N2O. The summed E-state index contributed by atoms with van der Waals surface area (Å²) >= 11 is 0. The highest BCUT2D eigenvalue weighted by molar-refractivity contribution is 4.95. The van der Waals surface area contributed by atoms with Gasteiger partial charge in [0.05, 0.1) is 6.10 Å². The van der Waals surface area contributed by atoms with Crippen LogP contribution in [-0.2, 0) is 0 Å². The molecular weight excluding hydrogens is 236 g/mol. The third-order valence-electron chi connectivity index (χ3n) is 3.99. The lowest BCUT2D eigenvalue weighted by Gasteiger charge is -2.32. The van der Waals surface area contributed by atoms with Crippen LogP contribution >= 0.6 is 0 Å². The number of aliphatic hydroxyl groups excluding tert-OH is 1. The van der Waals surface area contributed by atoms with Crippen molar-refractivity contribution in [3.63, 3.8) is 0 Å². The lowest BCUT2D eigenvalue weighted by molar-refractivity contribution is 0.113. The Morgan fingerprint density at radius 3 is 2.47 bits per heavy atom. The predicted molar refractivity (Wildman–Crippen MR) is 82.4 cm³/mol. The van der Waals surface area contributed by atoms with Gasteiger partial charge in [0.15, 0.2) is 0 Å². The molecule has 0 bridgehead atoms. The average molecular weight is 268 g/mol. The molecule has 3 heteroatoms. The fourth-order valence-electron chi connectivity index (χ4n) is 2.40. The number of aliphatic hydroxyl groups is 1. The second-order valence-corrected chi connectivity index (χ2v) is 6.41. The van der Waals surface area contributed by atoms with Gasteiger partial charge in [0.2, 0.25) is 0 Å². The maximum Gasteiger partial charge on any atom is 0.0575 e. The Labute approximate surface area is 119 Å². The van der Waals surface area contributed by atoms with Crippen molar-refractivity contribution in [2.45, 2.75) is 59.1 Å². The minimum atomic E-state index is -0.162. The summed E-state index contributed by atoms with van der Waals surface area (Å²) in [6.45, 7) is 12.9. The van der Waals surface area contributed by atoms with Crippen molar-refractivity contribution in [3.05, 3.63) is 11.6 Å². The van der Waals surface area contributed by atoms with Crippen LogP contribution in [0.15, 0.2) is 11.6 Å². The number of piperidine rings is 1. The molecule has 0 saturated carbocycles. The Balaban J connectivity index is 2.11. The smallest absolute Gasteiger partial charge is 0.0575 e. The predicted octanol–water partition coefficient (Wildman–Crippen LogP) is 2.41. The molecule has 1 aliphatic heterocycles. The molecule has 0 aliphatic carbocycles. The summed E-state index contributed by atoms with van der Waals surface area (Å²) in [5, 5.41) is 13.4. The minimum Gasteiger partial charge on any atom is -0.393 e. The van der Waals surface area contributed by atoms with Crippen molar-refractivity contribution in [3.8, 4) is 0 Å². The van der Waals surface area contributed by atoms with Gasteiger partial charge in [-0.15, -0.1) is 0 Å². The Kier molecular flexibility index (Phi) is 7.66. The second-order valence-electron chi connectivity index (χ2n) is 6.41. The van der Waals surface area contributed by atoms with Crippen molar-refractivity contribution >= 4 is 0 Å². The largest absolute Gasteiger partial charge is 0.393 e. The molecule has 0 spiro atoms. The molecule has 19 heavy (non-hydrogen) atoms. The van der Waals surface area contributed by atoms with Crippen LogP contribution in [0.3, 0.4) is 0 Å². The third-order valence-corrected chi connectivity index (χ3v) is 3.99. The lowest BCUT2D eigenvalue weighted by Crippen LogP contribution is -2.43. The first kappa shape index (κ1) is 16.7. The van der Waals surface area contributed by atoms with E-state index in [0.29, 0.717) is 12.0 Å². The summed E-state index contributed by atoms with van der Waals surface area (Å²) in [5.41, 5.74) is 1.41. The standard InChI is InChI=1S/C16H32N2O/c1-13(2)6-10-18-11-7-15(8-12-18)17-9-5-16(19)14(3)4/h6,14-17,19H,5,7-12H2,1-4H3. The van der Waals surface area contributed by atoms with Gasteiger partial charge in [0.1, 0.15) is 0 Å². The van der Waals surface area contributed by atoms with E-state index in [-0.39, 0.29) is 6.10 Å². The van der Waals surface area contributed by atoms with Gasteiger partial charge in [-0.05, 0) is 58.7 Å². The zero-order chi connectivity index (χ0) is 14.3. The van der Waals surface area contributed by atoms with Crippen LogP contribution in [0.1, 0.15) is 47.0 Å². The van der Waals surface area contributed by atoms with E-state index in [4.69, 9.17) is 0 Å². The topological polar surface area (TPSA) is 35.5 Å². The normalized spacial score (nSPS) is 19.7. The molecule has 1 unspecified atom stereocenters. The van der Waals surface area contributed by atoms with Gasteiger partial charge in [-0.25, -0.2) is 0 Å². The number of nitrogens with one attached hydrogen (secondary N) is 1. The molecule has 1 heterocycles. The summed E-state index contributed by atoms with van der Waals surface area (Å²) in [4.78, 5) is 2.52. The van der Waals surface area contributed by atoms with E-state index in [1.807, 2.05) is 0 Å². The third kappa shape index (κ3) is 7.09. The molecule has 1 saturated heterocycles. The van der Waals surface area contributed by atoms with Crippen LogP contribution in [-0.4, -0.2) is 48.3 Å². The first-order chi connectivity index (χ1) is 8.99. The van der Waals surface area contributed by atoms with Crippen molar-refractivity contribution in [2.75, 3.05) is 26.2 Å². The highest BCUT2D eigenvalue weighted by atomic mass is 16.3. The second kappa shape index (κ2) is 8.72. The first-order valence-electron chi connectivity index (χ1n) is 7.76. The number of nitrogens with zero attached hydrogens (tertiary/aromatic N) is 1. The summed E-state index contributed by atoms with van der Waals surface area (Å²) in [6, 6.07) is 0.641. The summed E-state index contributed by atoms with van der Waals surface area (Å²) in [5.74, 6) is 0.368. The van der Waals surface area contributed by atoms with Crippen LogP contribution in [0.4, 0.5) is 0 Å². The molecule has 1 aliphatic rings. The fourth-order valence-corrected chi connectivity index (χ4v) is 2.40. The Hall–Kier alpha value is -0.380. The molecule has 112 valence electrons. The number of allylic oxidation sites excluding steroid dienone is 1. The Morgan fingerprint density at radius 1 is 1.32 bits per heavy atom. The van der Waals surface area contributed by atoms with Crippen LogP contribution in [0, 0.1) is 5.92 Å². The zero-order valence-electron chi connectivity index (χ0n) is 13.2. The molecule has 1 fully saturated rings. The quantitative estimate of drug-likeness (QED) is 0.696. The summed E-state index contributed by atoms with van der Waals surface area (Å²) in [6.07, 6.45) is 5.48. The minimum absolute atomic E-state index is 0.162. The van der Waals surface area contributed by atoms with E-state index in [2.05, 4.69) is 44.0 Å². The van der Waals surface area contributed by atoms with E-state index < -0.39 is 0 Å². The molecule has 1 rings (SSSR count). The molecule has 0 amide bonds.